The summed E-state index contributed by atoms with van der Waals surface area (Å²) in [6.07, 6.45) is 0. The van der Waals surface area contributed by atoms with Gasteiger partial charge in [-0.1, -0.05) is 30.3 Å². The van der Waals surface area contributed by atoms with E-state index in [1.54, 1.807) is 24.3 Å². The molecule has 3 nitrogen and oxygen atoms in total. The number of ketones is 1. The van der Waals surface area contributed by atoms with Crippen molar-refractivity contribution in [3.63, 3.8) is 0 Å². The van der Waals surface area contributed by atoms with Gasteiger partial charge in [0.05, 0.1) is 0 Å². The minimum atomic E-state index is -0.0692. The van der Waals surface area contributed by atoms with E-state index < -0.39 is 0 Å². The summed E-state index contributed by atoms with van der Waals surface area (Å²) >= 11 is 0. The molecule has 0 amide bonds. The lowest BCUT2D eigenvalue weighted by Crippen LogP contribution is -2.04. The lowest BCUT2D eigenvalue weighted by Gasteiger charge is -2.05. The molecule has 0 radical (unpaired) electrons. The van der Waals surface area contributed by atoms with E-state index in [1.807, 2.05) is 18.2 Å². The molecular weight excluding hydrogens is 214 g/mol. The number of nitrogens with two attached hydrogens (primary N) is 1. The van der Waals surface area contributed by atoms with Crippen LogP contribution in [0.15, 0.2) is 48.5 Å². The molecule has 0 spiro atoms. The molecule has 0 atom stereocenters. The molecule has 0 aliphatic carbocycles. The zero-order valence-electron chi connectivity index (χ0n) is 9.26. The summed E-state index contributed by atoms with van der Waals surface area (Å²) in [6, 6.07) is 13.7. The van der Waals surface area contributed by atoms with Gasteiger partial charge in [-0.05, 0) is 18.2 Å². The molecule has 0 aromatic heterocycles. The van der Waals surface area contributed by atoms with Gasteiger partial charge in [0.15, 0.2) is 5.78 Å². The molecule has 3 N–H and O–H groups in total. The normalized spacial score (nSPS) is 10.2. The molecular formula is C14H13NO2. The van der Waals surface area contributed by atoms with Crippen molar-refractivity contribution in [2.24, 2.45) is 5.73 Å². The maximum Gasteiger partial charge on any atom is 0.193 e. The van der Waals surface area contributed by atoms with E-state index in [4.69, 9.17) is 5.73 Å². The van der Waals surface area contributed by atoms with Crippen molar-refractivity contribution in [3.05, 3.63) is 65.2 Å². The summed E-state index contributed by atoms with van der Waals surface area (Å²) in [7, 11) is 0. The zero-order chi connectivity index (χ0) is 12.3. The molecule has 86 valence electrons. The third-order valence-electron chi connectivity index (χ3n) is 2.60. The number of aromatic hydroxyl groups is 1. The topological polar surface area (TPSA) is 63.3 Å². The van der Waals surface area contributed by atoms with Gasteiger partial charge in [0.2, 0.25) is 0 Å². The van der Waals surface area contributed by atoms with Crippen LogP contribution in [0.1, 0.15) is 21.5 Å². The van der Waals surface area contributed by atoms with Crippen LogP contribution in [-0.2, 0) is 6.54 Å². The van der Waals surface area contributed by atoms with Gasteiger partial charge in [-0.25, -0.2) is 0 Å². The van der Waals surface area contributed by atoms with Gasteiger partial charge < -0.3 is 10.8 Å². The van der Waals surface area contributed by atoms with Crippen LogP contribution in [0.2, 0.25) is 0 Å². The van der Waals surface area contributed by atoms with E-state index in [2.05, 4.69) is 0 Å². The number of phenols is 1. The van der Waals surface area contributed by atoms with Crippen molar-refractivity contribution in [2.45, 2.75) is 6.54 Å². The monoisotopic (exact) mass is 227 g/mol. The molecule has 0 saturated heterocycles. The Morgan fingerprint density at radius 2 is 1.76 bits per heavy atom. The quantitative estimate of drug-likeness (QED) is 0.789. The van der Waals surface area contributed by atoms with Crippen LogP contribution in [0.5, 0.6) is 5.75 Å². The Hall–Kier alpha value is -2.13. The van der Waals surface area contributed by atoms with Crippen LogP contribution in [0, 0.1) is 0 Å². The van der Waals surface area contributed by atoms with Gasteiger partial charge in [0.25, 0.3) is 0 Å². The Kier molecular flexibility index (Phi) is 3.21. The third kappa shape index (κ3) is 2.34. The second kappa shape index (κ2) is 4.80. The second-order valence-corrected chi connectivity index (χ2v) is 3.74. The molecule has 0 aliphatic heterocycles. The first-order chi connectivity index (χ1) is 8.22. The van der Waals surface area contributed by atoms with E-state index in [0.29, 0.717) is 16.7 Å². The molecule has 0 heterocycles. The van der Waals surface area contributed by atoms with Crippen molar-refractivity contribution in [1.29, 1.82) is 0 Å². The summed E-state index contributed by atoms with van der Waals surface area (Å²) < 4.78 is 0. The average Bonchev–Trinajstić information content (AvgIpc) is 2.39. The summed E-state index contributed by atoms with van der Waals surface area (Å²) in [5, 5.41) is 9.50. The predicted molar refractivity (Wildman–Crippen MR) is 65.9 cm³/mol. The van der Waals surface area contributed by atoms with E-state index in [1.165, 1.54) is 6.07 Å². The van der Waals surface area contributed by atoms with E-state index in [9.17, 15) is 9.90 Å². The Labute approximate surface area is 99.5 Å². The minimum absolute atomic E-state index is 0.0692. The predicted octanol–water partition coefficient (Wildman–Crippen LogP) is 2.08. The maximum atomic E-state index is 12.1. The Bertz CT molecular complexity index is 535. The van der Waals surface area contributed by atoms with Crippen LogP contribution in [0.3, 0.4) is 0 Å². The second-order valence-electron chi connectivity index (χ2n) is 3.74. The number of hydrogen-bond acceptors (Lipinski definition) is 3. The van der Waals surface area contributed by atoms with E-state index in [0.717, 1.165) is 0 Å². The molecule has 2 rings (SSSR count). The molecule has 0 fully saturated rings. The van der Waals surface area contributed by atoms with Crippen LogP contribution in [0.25, 0.3) is 0 Å². The molecule has 0 unspecified atom stereocenters. The highest BCUT2D eigenvalue weighted by Gasteiger charge is 2.10. The summed E-state index contributed by atoms with van der Waals surface area (Å²) in [5.74, 6) is 0.0532. The summed E-state index contributed by atoms with van der Waals surface area (Å²) in [6.45, 7) is 0.210. The molecule has 2 aromatic rings. The van der Waals surface area contributed by atoms with Crippen LogP contribution >= 0.6 is 0 Å². The van der Waals surface area contributed by atoms with Gasteiger partial charge in [-0.2, -0.15) is 0 Å². The number of hydrogen-bond donors (Lipinski definition) is 2. The zero-order valence-corrected chi connectivity index (χ0v) is 9.26. The van der Waals surface area contributed by atoms with Gasteiger partial charge in [0.1, 0.15) is 5.75 Å². The number of rotatable bonds is 3. The molecule has 17 heavy (non-hydrogen) atoms. The maximum absolute atomic E-state index is 12.1. The Balaban J connectivity index is 2.38. The SMILES string of the molecule is NCc1cc(C(=O)c2ccccc2)ccc1O. The highest BCUT2D eigenvalue weighted by atomic mass is 16.3. The fourth-order valence-electron chi connectivity index (χ4n) is 1.65. The van der Waals surface area contributed by atoms with Gasteiger partial charge in [-0.15, -0.1) is 0 Å². The van der Waals surface area contributed by atoms with Gasteiger partial charge >= 0.3 is 0 Å². The van der Waals surface area contributed by atoms with Crippen molar-refractivity contribution in [3.8, 4) is 5.75 Å². The molecule has 2 aromatic carbocycles. The highest BCUT2D eigenvalue weighted by Crippen LogP contribution is 2.19. The van der Waals surface area contributed by atoms with Crippen LogP contribution < -0.4 is 5.73 Å². The van der Waals surface area contributed by atoms with Gasteiger partial charge in [0, 0.05) is 23.2 Å². The lowest BCUT2D eigenvalue weighted by molar-refractivity contribution is 0.103. The largest absolute Gasteiger partial charge is 0.508 e. The minimum Gasteiger partial charge on any atom is -0.508 e. The fourth-order valence-corrected chi connectivity index (χ4v) is 1.65. The molecule has 0 aliphatic rings. The Morgan fingerprint density at radius 1 is 1.06 bits per heavy atom. The van der Waals surface area contributed by atoms with Crippen molar-refractivity contribution in [1.82, 2.24) is 0 Å². The van der Waals surface area contributed by atoms with E-state index in [-0.39, 0.29) is 18.1 Å². The smallest absolute Gasteiger partial charge is 0.193 e. The molecule has 0 bridgehead atoms. The number of carbonyl (C=O) groups is 1. The first kappa shape index (κ1) is 11.4. The standard InChI is InChI=1S/C14H13NO2/c15-9-12-8-11(6-7-13(12)16)14(17)10-4-2-1-3-5-10/h1-8,16H,9,15H2. The van der Waals surface area contributed by atoms with Crippen molar-refractivity contribution in [2.75, 3.05) is 0 Å². The Morgan fingerprint density at radius 3 is 2.41 bits per heavy atom. The average molecular weight is 227 g/mol. The third-order valence-corrected chi connectivity index (χ3v) is 2.60. The first-order valence-electron chi connectivity index (χ1n) is 5.34. The first-order valence-corrected chi connectivity index (χ1v) is 5.34. The lowest BCUT2D eigenvalue weighted by atomic mass is 10.0. The number of benzene rings is 2. The number of carbonyl (C=O) groups excluding carboxylic acids is 1. The van der Waals surface area contributed by atoms with Gasteiger partial charge in [-0.3, -0.25) is 4.79 Å². The fraction of sp³-hybridized carbons (Fsp3) is 0.0714. The number of phenolic OH excluding ortho intramolecular Hbond substituents is 1. The highest BCUT2D eigenvalue weighted by molar-refractivity contribution is 6.09. The van der Waals surface area contributed by atoms with E-state index >= 15 is 0 Å². The van der Waals surface area contributed by atoms with Crippen molar-refractivity contribution >= 4 is 5.78 Å². The van der Waals surface area contributed by atoms with Crippen molar-refractivity contribution < 1.29 is 9.90 Å². The van der Waals surface area contributed by atoms with Crippen LogP contribution in [0.4, 0.5) is 0 Å². The summed E-state index contributed by atoms with van der Waals surface area (Å²) in [5.41, 5.74) is 7.23. The van der Waals surface area contributed by atoms with Crippen LogP contribution in [-0.4, -0.2) is 10.9 Å². The summed E-state index contributed by atoms with van der Waals surface area (Å²) in [4.78, 5) is 12.1. The molecule has 3 heteroatoms. The molecule has 0 saturated carbocycles.